The average Bonchev–Trinajstić information content (AvgIpc) is 2.91. The zero-order valence-electron chi connectivity index (χ0n) is 15.8. The van der Waals surface area contributed by atoms with E-state index in [0.717, 1.165) is 5.56 Å². The normalized spacial score (nSPS) is 18.4. The molecular formula is C21H22ClN3O4. The molecule has 1 heterocycles. The van der Waals surface area contributed by atoms with E-state index < -0.39 is 11.4 Å². The van der Waals surface area contributed by atoms with Gasteiger partial charge in [-0.2, -0.15) is 0 Å². The summed E-state index contributed by atoms with van der Waals surface area (Å²) in [4.78, 5) is 38.0. The Kier molecular flexibility index (Phi) is 6.44. The molecule has 0 aromatic heterocycles. The number of aryl methyl sites for hydroxylation is 1. The van der Waals surface area contributed by atoms with Gasteiger partial charge in [-0.05, 0) is 48.7 Å². The summed E-state index contributed by atoms with van der Waals surface area (Å²) in [5, 5.41) is 16.2. The minimum absolute atomic E-state index is 0. The number of Topliss-reactive ketones (excluding diaryl/α,β-unsaturated/α-hetero) is 1. The van der Waals surface area contributed by atoms with Crippen LogP contribution in [-0.2, 0) is 26.2 Å². The van der Waals surface area contributed by atoms with E-state index in [1.54, 1.807) is 55.5 Å². The van der Waals surface area contributed by atoms with E-state index in [4.69, 9.17) is 16.2 Å². The Morgan fingerprint density at radius 3 is 2.24 bits per heavy atom. The molecule has 1 saturated heterocycles. The van der Waals surface area contributed by atoms with Crippen molar-refractivity contribution >= 4 is 41.6 Å². The van der Waals surface area contributed by atoms with E-state index in [0.29, 0.717) is 23.2 Å². The van der Waals surface area contributed by atoms with Crippen molar-refractivity contribution in [3.63, 3.8) is 0 Å². The molecule has 1 amide bonds. The highest BCUT2D eigenvalue weighted by Crippen LogP contribution is 2.35. The summed E-state index contributed by atoms with van der Waals surface area (Å²) >= 11 is 0. The number of rotatable bonds is 6. The maximum atomic E-state index is 13.1. The van der Waals surface area contributed by atoms with Crippen LogP contribution in [0.15, 0.2) is 48.5 Å². The van der Waals surface area contributed by atoms with Crippen LogP contribution in [0.3, 0.4) is 0 Å². The van der Waals surface area contributed by atoms with Gasteiger partial charge in [0, 0.05) is 17.7 Å². The van der Waals surface area contributed by atoms with Crippen LogP contribution in [0.25, 0.3) is 0 Å². The molecule has 4 N–H and O–H groups in total. The van der Waals surface area contributed by atoms with E-state index in [1.165, 1.54) is 4.90 Å². The number of aliphatic carboxylic acids is 1. The molecule has 0 aliphatic carbocycles. The van der Waals surface area contributed by atoms with Crippen molar-refractivity contribution in [1.82, 2.24) is 0 Å². The molecule has 7 nitrogen and oxygen atoms in total. The first-order chi connectivity index (χ1) is 13.2. The fourth-order valence-electron chi connectivity index (χ4n) is 3.33. The van der Waals surface area contributed by atoms with Gasteiger partial charge in [0.15, 0.2) is 5.78 Å². The van der Waals surface area contributed by atoms with Gasteiger partial charge in [-0.1, -0.05) is 24.3 Å². The second-order valence-electron chi connectivity index (χ2n) is 6.99. The molecule has 8 heteroatoms. The second kappa shape index (κ2) is 8.45. The number of hydrogen-bond acceptors (Lipinski definition) is 4. The molecule has 0 spiro atoms. The summed E-state index contributed by atoms with van der Waals surface area (Å²) in [6, 6.07) is 13.6. The molecule has 1 aliphatic heterocycles. The number of nitrogens with zero attached hydrogens (tertiary/aromatic N) is 1. The molecule has 1 atom stereocenters. The lowest BCUT2D eigenvalue weighted by Gasteiger charge is -2.23. The highest BCUT2D eigenvalue weighted by molar-refractivity contribution is 6.24. The number of hydrogen-bond donors (Lipinski definition) is 3. The summed E-state index contributed by atoms with van der Waals surface area (Å²) in [5.74, 6) is -1.45. The van der Waals surface area contributed by atoms with E-state index in [1.807, 2.05) is 0 Å². The number of nitrogens with two attached hydrogens (primary N) is 1. The molecule has 2 aromatic rings. The number of carboxylic acid groups (broad SMARTS) is 1. The van der Waals surface area contributed by atoms with Crippen molar-refractivity contribution in [1.29, 1.82) is 5.41 Å². The van der Waals surface area contributed by atoms with Crippen LogP contribution in [0.1, 0.15) is 30.0 Å². The average molecular weight is 416 g/mol. The van der Waals surface area contributed by atoms with Gasteiger partial charge in [-0.15, -0.1) is 12.4 Å². The van der Waals surface area contributed by atoms with Crippen LogP contribution in [0.4, 0.5) is 5.69 Å². The summed E-state index contributed by atoms with van der Waals surface area (Å²) in [6.45, 7) is 1.59. The number of carbonyl (C=O) groups excluding carboxylic acids is 2. The summed E-state index contributed by atoms with van der Waals surface area (Å²) in [7, 11) is 0. The Morgan fingerprint density at radius 2 is 1.72 bits per heavy atom. The predicted molar refractivity (Wildman–Crippen MR) is 112 cm³/mol. The third-order valence-corrected chi connectivity index (χ3v) is 5.18. The van der Waals surface area contributed by atoms with E-state index in [-0.39, 0.29) is 42.9 Å². The monoisotopic (exact) mass is 415 g/mol. The first kappa shape index (κ1) is 22.1. The molecule has 1 unspecified atom stereocenters. The number of nitrogen functional groups attached to an aromatic ring is 1. The second-order valence-corrected chi connectivity index (χ2v) is 6.99. The lowest BCUT2D eigenvalue weighted by atomic mass is 9.79. The van der Waals surface area contributed by atoms with E-state index >= 15 is 0 Å². The van der Waals surface area contributed by atoms with Crippen LogP contribution < -0.4 is 10.6 Å². The minimum Gasteiger partial charge on any atom is -0.481 e. The van der Waals surface area contributed by atoms with Gasteiger partial charge in [0.2, 0.25) is 5.91 Å². The number of carbonyl (C=O) groups is 3. The smallest absolute Gasteiger partial charge is 0.303 e. The van der Waals surface area contributed by atoms with Crippen molar-refractivity contribution in [2.45, 2.75) is 25.2 Å². The van der Waals surface area contributed by atoms with Crippen molar-refractivity contribution < 1.29 is 19.5 Å². The minimum atomic E-state index is -1.29. The highest BCUT2D eigenvalue weighted by atomic mass is 35.5. The summed E-state index contributed by atoms with van der Waals surface area (Å²) < 4.78 is 0. The third kappa shape index (κ3) is 4.14. The fraction of sp³-hybridized carbons (Fsp3) is 0.238. The van der Waals surface area contributed by atoms with Crippen molar-refractivity contribution in [3.8, 4) is 0 Å². The summed E-state index contributed by atoms with van der Waals surface area (Å²) in [5.41, 5.74) is 6.71. The molecule has 152 valence electrons. The van der Waals surface area contributed by atoms with Gasteiger partial charge in [-0.25, -0.2) is 0 Å². The van der Waals surface area contributed by atoms with Crippen molar-refractivity contribution in [3.05, 3.63) is 65.2 Å². The Hall–Kier alpha value is -3.19. The van der Waals surface area contributed by atoms with Crippen molar-refractivity contribution in [2.24, 2.45) is 5.73 Å². The maximum Gasteiger partial charge on any atom is 0.303 e. The molecule has 1 fully saturated rings. The molecule has 0 saturated carbocycles. The lowest BCUT2D eigenvalue weighted by Crippen LogP contribution is -2.38. The number of ketones is 1. The number of halogens is 1. The summed E-state index contributed by atoms with van der Waals surface area (Å²) in [6.07, 6.45) is 0.418. The van der Waals surface area contributed by atoms with Crippen LogP contribution >= 0.6 is 12.4 Å². The zero-order chi connectivity index (χ0) is 20.5. The number of amides is 1. The SMILES string of the molecule is CC1(c2ccc(CCC(=O)O)cc2)C(=O)CN(c2ccc(C(=N)N)cc2)C1=O.Cl. The van der Waals surface area contributed by atoms with Crippen molar-refractivity contribution in [2.75, 3.05) is 11.4 Å². The molecule has 0 radical (unpaired) electrons. The highest BCUT2D eigenvalue weighted by Gasteiger charge is 2.51. The quantitative estimate of drug-likeness (QED) is 0.379. The Bertz CT molecular complexity index is 957. The zero-order valence-corrected chi connectivity index (χ0v) is 16.7. The Labute approximate surface area is 174 Å². The van der Waals surface area contributed by atoms with Crippen LogP contribution in [0.2, 0.25) is 0 Å². The predicted octanol–water partition coefficient (Wildman–Crippen LogP) is 2.28. The van der Waals surface area contributed by atoms with E-state index in [2.05, 4.69) is 0 Å². The topological polar surface area (TPSA) is 125 Å². The Morgan fingerprint density at radius 1 is 1.14 bits per heavy atom. The molecule has 0 bridgehead atoms. The fourth-order valence-corrected chi connectivity index (χ4v) is 3.33. The maximum absolute atomic E-state index is 13.1. The molecule has 3 rings (SSSR count). The van der Waals surface area contributed by atoms with Gasteiger partial charge in [0.25, 0.3) is 0 Å². The molecule has 29 heavy (non-hydrogen) atoms. The van der Waals surface area contributed by atoms with Gasteiger partial charge in [0.1, 0.15) is 11.3 Å². The number of nitrogens with one attached hydrogen (secondary N) is 1. The standard InChI is InChI=1S/C21H21N3O4.ClH/c1-21(15-7-2-13(3-8-15)4-11-18(26)27)17(25)12-24(20(21)28)16-9-5-14(6-10-16)19(22)23;/h2-3,5-10H,4,11-12H2,1H3,(H3,22,23)(H,26,27);1H. The largest absolute Gasteiger partial charge is 0.481 e. The molecule has 2 aromatic carbocycles. The molecular weight excluding hydrogens is 394 g/mol. The van der Waals surface area contributed by atoms with Gasteiger partial charge < -0.3 is 15.7 Å². The first-order valence-electron chi connectivity index (χ1n) is 8.84. The van der Waals surface area contributed by atoms with Crippen LogP contribution in [-0.4, -0.2) is 35.1 Å². The number of carboxylic acids is 1. The number of benzene rings is 2. The number of amidine groups is 1. The number of anilines is 1. The Balaban J connectivity index is 0.00000300. The van der Waals surface area contributed by atoms with Crippen LogP contribution in [0.5, 0.6) is 0 Å². The molecule has 1 aliphatic rings. The van der Waals surface area contributed by atoms with Crippen LogP contribution in [0, 0.1) is 5.41 Å². The van der Waals surface area contributed by atoms with E-state index in [9.17, 15) is 14.4 Å². The first-order valence-corrected chi connectivity index (χ1v) is 8.84. The van der Waals surface area contributed by atoms with Gasteiger partial charge in [-0.3, -0.25) is 19.8 Å². The third-order valence-electron chi connectivity index (χ3n) is 5.18. The van der Waals surface area contributed by atoms with Gasteiger partial charge in [0.05, 0.1) is 6.54 Å². The lowest BCUT2D eigenvalue weighted by molar-refractivity contribution is -0.137. The van der Waals surface area contributed by atoms with Gasteiger partial charge >= 0.3 is 5.97 Å².